The van der Waals surface area contributed by atoms with Crippen LogP contribution in [0.4, 0.5) is 10.1 Å². The Morgan fingerprint density at radius 1 is 1.28 bits per heavy atom. The average Bonchev–Trinajstić information content (AvgIpc) is 2.88. The Morgan fingerprint density at radius 2 is 2.00 bits per heavy atom. The van der Waals surface area contributed by atoms with Crippen LogP contribution in [0.5, 0.6) is 0 Å². The van der Waals surface area contributed by atoms with Gasteiger partial charge in [0.15, 0.2) is 0 Å². The van der Waals surface area contributed by atoms with Gasteiger partial charge in [0.2, 0.25) is 0 Å². The highest BCUT2D eigenvalue weighted by molar-refractivity contribution is 6.31. The molecule has 2 aromatic carbocycles. The monoisotopic (exact) mass is 379 g/mol. The maximum absolute atomic E-state index is 14.9. The number of fused-ring (bicyclic) bond motifs is 1. The number of nitrogens with one attached hydrogen (secondary N) is 1. The molecule has 25 heavy (non-hydrogen) atoms. The van der Waals surface area contributed by atoms with Crippen LogP contribution in [0.2, 0.25) is 10.0 Å². The molecule has 1 aliphatic rings. The molecule has 1 heterocycles. The van der Waals surface area contributed by atoms with Crippen molar-refractivity contribution in [2.75, 3.05) is 11.9 Å². The lowest BCUT2D eigenvalue weighted by atomic mass is 9.64. The lowest BCUT2D eigenvalue weighted by Gasteiger charge is -2.38. The third kappa shape index (κ3) is 3.04. The minimum atomic E-state index is -0.462. The van der Waals surface area contributed by atoms with E-state index in [4.69, 9.17) is 23.2 Å². The molecular weight excluding hydrogens is 360 g/mol. The predicted molar refractivity (Wildman–Crippen MR) is 101 cm³/mol. The number of ketones is 1. The quantitative estimate of drug-likeness (QED) is 0.724. The molecule has 132 valence electrons. The van der Waals surface area contributed by atoms with Crippen LogP contribution in [0.25, 0.3) is 0 Å². The number of halogens is 3. The first-order valence-electron chi connectivity index (χ1n) is 8.24. The summed E-state index contributed by atoms with van der Waals surface area (Å²) in [6.45, 7) is 6.06. The van der Waals surface area contributed by atoms with Gasteiger partial charge in [0, 0.05) is 34.5 Å². The SMILES string of the molecule is CC(=O)C(C)C(c1cccc(Cl)c1F)C1(C)CNc2cc(Cl)ccc21. The van der Waals surface area contributed by atoms with Gasteiger partial charge < -0.3 is 5.32 Å². The third-order valence-electron chi connectivity index (χ3n) is 5.39. The number of hydrogen-bond acceptors (Lipinski definition) is 2. The fraction of sp³-hybridized carbons (Fsp3) is 0.350. The van der Waals surface area contributed by atoms with Crippen molar-refractivity contribution in [2.24, 2.45) is 5.92 Å². The first kappa shape index (κ1) is 18.2. The normalized spacial score (nSPS) is 21.4. The number of hydrogen-bond donors (Lipinski definition) is 1. The zero-order valence-corrected chi connectivity index (χ0v) is 15.9. The van der Waals surface area contributed by atoms with E-state index in [2.05, 4.69) is 12.2 Å². The Labute approximate surface area is 157 Å². The van der Waals surface area contributed by atoms with Crippen LogP contribution in [0, 0.1) is 11.7 Å². The molecule has 0 saturated carbocycles. The molecule has 1 aliphatic heterocycles. The molecule has 0 aliphatic carbocycles. The second-order valence-corrected chi connectivity index (χ2v) is 7.82. The molecule has 0 spiro atoms. The molecule has 1 N–H and O–H groups in total. The van der Waals surface area contributed by atoms with Crippen LogP contribution in [0.3, 0.4) is 0 Å². The summed E-state index contributed by atoms with van der Waals surface area (Å²) in [7, 11) is 0. The van der Waals surface area contributed by atoms with E-state index in [9.17, 15) is 9.18 Å². The zero-order valence-electron chi connectivity index (χ0n) is 14.4. The zero-order chi connectivity index (χ0) is 18.4. The number of Topliss-reactive ketones (excluding diaryl/α,β-unsaturated/α-hetero) is 1. The Morgan fingerprint density at radius 3 is 2.68 bits per heavy atom. The van der Waals surface area contributed by atoms with Gasteiger partial charge in [0.1, 0.15) is 11.6 Å². The summed E-state index contributed by atoms with van der Waals surface area (Å²) in [5.74, 6) is -1.14. The van der Waals surface area contributed by atoms with Crippen molar-refractivity contribution in [1.82, 2.24) is 0 Å². The standard InChI is InChI=1S/C20H20Cl2FNO/c1-11(12(2)25)18(14-5-4-6-16(22)19(14)23)20(3)10-24-17-9-13(21)7-8-15(17)20/h4-9,11,18,24H,10H2,1-3H3. The van der Waals surface area contributed by atoms with E-state index in [0.29, 0.717) is 17.1 Å². The van der Waals surface area contributed by atoms with E-state index in [1.165, 1.54) is 6.07 Å². The topological polar surface area (TPSA) is 29.1 Å². The van der Waals surface area contributed by atoms with E-state index < -0.39 is 11.2 Å². The first-order chi connectivity index (χ1) is 11.8. The number of carbonyl (C=O) groups excluding carboxylic acids is 1. The van der Waals surface area contributed by atoms with E-state index in [0.717, 1.165) is 11.3 Å². The third-order valence-corrected chi connectivity index (χ3v) is 5.91. The van der Waals surface area contributed by atoms with E-state index >= 15 is 0 Å². The Hall–Kier alpha value is -1.58. The van der Waals surface area contributed by atoms with E-state index in [1.54, 1.807) is 19.1 Å². The second-order valence-electron chi connectivity index (χ2n) is 6.98. The Bertz CT molecular complexity index is 838. The van der Waals surface area contributed by atoms with E-state index in [1.807, 2.05) is 25.1 Å². The van der Waals surface area contributed by atoms with Gasteiger partial charge in [-0.3, -0.25) is 4.79 Å². The summed E-state index contributed by atoms with van der Waals surface area (Å²) >= 11 is 12.1. The molecule has 3 atom stereocenters. The van der Waals surface area contributed by atoms with Gasteiger partial charge in [0.25, 0.3) is 0 Å². The molecular formula is C20H20Cl2FNO. The van der Waals surface area contributed by atoms with Crippen molar-refractivity contribution >= 4 is 34.7 Å². The predicted octanol–water partition coefficient (Wildman–Crippen LogP) is 5.82. The van der Waals surface area contributed by atoms with Crippen molar-refractivity contribution < 1.29 is 9.18 Å². The minimum absolute atomic E-state index is 0.0213. The van der Waals surface area contributed by atoms with Crippen molar-refractivity contribution in [3.05, 3.63) is 63.4 Å². The number of carbonyl (C=O) groups is 1. The molecule has 3 unspecified atom stereocenters. The highest BCUT2D eigenvalue weighted by Gasteiger charge is 2.46. The molecule has 2 aromatic rings. The molecule has 0 saturated heterocycles. The fourth-order valence-corrected chi connectivity index (χ4v) is 4.33. The van der Waals surface area contributed by atoms with Gasteiger partial charge in [-0.1, -0.05) is 55.2 Å². The minimum Gasteiger partial charge on any atom is -0.384 e. The summed E-state index contributed by atoms with van der Waals surface area (Å²) in [5.41, 5.74) is 1.98. The van der Waals surface area contributed by atoms with Crippen LogP contribution in [0.15, 0.2) is 36.4 Å². The van der Waals surface area contributed by atoms with Crippen LogP contribution in [-0.2, 0) is 10.2 Å². The maximum atomic E-state index is 14.9. The molecule has 0 bridgehead atoms. The number of benzene rings is 2. The van der Waals surface area contributed by atoms with Crippen molar-refractivity contribution in [3.63, 3.8) is 0 Å². The molecule has 0 amide bonds. The lowest BCUT2D eigenvalue weighted by Crippen LogP contribution is -2.38. The van der Waals surface area contributed by atoms with Crippen LogP contribution >= 0.6 is 23.2 Å². The summed E-state index contributed by atoms with van der Waals surface area (Å²) in [6.07, 6.45) is 0. The Kier molecular flexibility index (Phi) is 4.82. The first-order valence-corrected chi connectivity index (χ1v) is 8.99. The molecule has 0 fully saturated rings. The van der Waals surface area contributed by atoms with Crippen LogP contribution < -0.4 is 5.32 Å². The second kappa shape index (κ2) is 6.62. The van der Waals surface area contributed by atoms with Gasteiger partial charge in [-0.2, -0.15) is 0 Å². The summed E-state index contributed by atoms with van der Waals surface area (Å²) in [5, 5.41) is 4.07. The smallest absolute Gasteiger partial charge is 0.145 e. The molecule has 3 rings (SSSR count). The molecule has 2 nitrogen and oxygen atoms in total. The highest BCUT2D eigenvalue weighted by Crippen LogP contribution is 2.50. The summed E-state index contributed by atoms with van der Waals surface area (Å²) < 4.78 is 14.9. The van der Waals surface area contributed by atoms with Gasteiger partial charge in [0.05, 0.1) is 5.02 Å². The van der Waals surface area contributed by atoms with Gasteiger partial charge >= 0.3 is 0 Å². The van der Waals surface area contributed by atoms with Crippen LogP contribution in [0.1, 0.15) is 37.8 Å². The van der Waals surface area contributed by atoms with Crippen LogP contribution in [-0.4, -0.2) is 12.3 Å². The molecule has 0 radical (unpaired) electrons. The molecule has 0 aromatic heterocycles. The molecule has 5 heteroatoms. The average molecular weight is 380 g/mol. The fourth-order valence-electron chi connectivity index (χ4n) is 3.97. The highest BCUT2D eigenvalue weighted by atomic mass is 35.5. The van der Waals surface area contributed by atoms with Crippen molar-refractivity contribution in [3.8, 4) is 0 Å². The maximum Gasteiger partial charge on any atom is 0.145 e. The van der Waals surface area contributed by atoms with Gasteiger partial charge in [-0.25, -0.2) is 4.39 Å². The van der Waals surface area contributed by atoms with E-state index in [-0.39, 0.29) is 22.6 Å². The van der Waals surface area contributed by atoms with Crippen molar-refractivity contribution in [2.45, 2.75) is 32.1 Å². The lowest BCUT2D eigenvalue weighted by molar-refractivity contribution is -0.121. The van der Waals surface area contributed by atoms with Gasteiger partial charge in [-0.15, -0.1) is 0 Å². The largest absolute Gasteiger partial charge is 0.384 e. The number of anilines is 1. The summed E-state index contributed by atoms with van der Waals surface area (Å²) in [4.78, 5) is 12.2. The van der Waals surface area contributed by atoms with Crippen molar-refractivity contribution in [1.29, 1.82) is 0 Å². The Balaban J connectivity index is 2.20. The van der Waals surface area contributed by atoms with Gasteiger partial charge in [-0.05, 0) is 36.2 Å². The summed E-state index contributed by atoms with van der Waals surface area (Å²) in [6, 6.07) is 10.6. The number of rotatable bonds is 4.